The molecule has 1 aliphatic rings. The number of amides is 2. The third-order valence-electron chi connectivity index (χ3n) is 4.97. The van der Waals surface area contributed by atoms with Crippen molar-refractivity contribution in [2.24, 2.45) is 5.41 Å². The molecule has 6 heteroatoms. The van der Waals surface area contributed by atoms with Crippen LogP contribution in [0.2, 0.25) is 0 Å². The van der Waals surface area contributed by atoms with Crippen molar-refractivity contribution in [2.45, 2.75) is 34.1 Å². The Labute approximate surface area is 153 Å². The number of benzene rings is 1. The van der Waals surface area contributed by atoms with Gasteiger partial charge in [0.15, 0.2) is 0 Å². The molecule has 1 N–H and O–H groups in total. The number of carbonyl (C=O) groups excluding carboxylic acids is 2. The van der Waals surface area contributed by atoms with Crippen molar-refractivity contribution in [3.8, 4) is 0 Å². The summed E-state index contributed by atoms with van der Waals surface area (Å²) in [5, 5.41) is 0.761. The molecular weight excluding hydrogens is 333 g/mol. The minimum absolute atomic E-state index is 0.0149. The van der Waals surface area contributed by atoms with Crippen LogP contribution in [0.5, 0.6) is 0 Å². The number of H-pyrrole nitrogens is 1. The van der Waals surface area contributed by atoms with Gasteiger partial charge in [0.2, 0.25) is 11.8 Å². The van der Waals surface area contributed by atoms with Gasteiger partial charge in [0.25, 0.3) is 0 Å². The lowest BCUT2D eigenvalue weighted by Crippen LogP contribution is -2.53. The molecule has 1 fully saturated rings. The Morgan fingerprint density at radius 3 is 2.35 bits per heavy atom. The molecule has 1 saturated heterocycles. The van der Waals surface area contributed by atoms with Gasteiger partial charge in [0, 0.05) is 48.2 Å². The van der Waals surface area contributed by atoms with Gasteiger partial charge < -0.3 is 14.8 Å². The number of aromatic nitrogens is 1. The van der Waals surface area contributed by atoms with Crippen LogP contribution in [0.15, 0.2) is 18.2 Å². The van der Waals surface area contributed by atoms with Gasteiger partial charge in [0.1, 0.15) is 5.82 Å². The van der Waals surface area contributed by atoms with Crippen molar-refractivity contribution in [2.75, 3.05) is 26.2 Å². The molecule has 1 aromatic carbocycles. The molecule has 0 atom stereocenters. The minimum Gasteiger partial charge on any atom is -0.358 e. The minimum atomic E-state index is -0.405. The molecule has 0 radical (unpaired) electrons. The number of hydrogen-bond acceptors (Lipinski definition) is 2. The molecule has 3 rings (SSSR count). The van der Waals surface area contributed by atoms with Gasteiger partial charge in [-0.25, -0.2) is 4.39 Å². The molecule has 1 aliphatic heterocycles. The van der Waals surface area contributed by atoms with Gasteiger partial charge in [-0.05, 0) is 30.7 Å². The lowest BCUT2D eigenvalue weighted by Gasteiger charge is -2.37. The second-order valence-corrected chi connectivity index (χ2v) is 8.02. The third kappa shape index (κ3) is 3.59. The quantitative estimate of drug-likeness (QED) is 0.896. The maximum atomic E-state index is 13.6. The number of aromatic amines is 1. The van der Waals surface area contributed by atoms with Crippen LogP contribution < -0.4 is 0 Å². The lowest BCUT2D eigenvalue weighted by atomic mass is 9.94. The highest BCUT2D eigenvalue weighted by atomic mass is 19.1. The Morgan fingerprint density at radius 2 is 1.73 bits per heavy atom. The van der Waals surface area contributed by atoms with Gasteiger partial charge in [0.05, 0.1) is 6.42 Å². The highest BCUT2D eigenvalue weighted by Crippen LogP contribution is 2.24. The standard InChI is InChI=1S/C20H26FN3O2/c1-13-15(16-11-14(21)5-6-17(16)22-13)12-18(25)23-7-9-24(10-8-23)19(26)20(2,3)4/h5-6,11,22H,7-10,12H2,1-4H3. The Kier molecular flexibility index (Phi) is 4.78. The largest absolute Gasteiger partial charge is 0.358 e. The van der Waals surface area contributed by atoms with Crippen LogP contribution in [-0.2, 0) is 16.0 Å². The van der Waals surface area contributed by atoms with E-state index < -0.39 is 5.41 Å². The number of piperazine rings is 1. The van der Waals surface area contributed by atoms with Crippen molar-refractivity contribution in [1.82, 2.24) is 14.8 Å². The first-order chi connectivity index (χ1) is 12.2. The fraction of sp³-hybridized carbons (Fsp3) is 0.500. The zero-order valence-corrected chi connectivity index (χ0v) is 15.9. The summed E-state index contributed by atoms with van der Waals surface area (Å²) < 4.78 is 13.6. The molecule has 26 heavy (non-hydrogen) atoms. The van der Waals surface area contributed by atoms with Crippen molar-refractivity contribution in [3.63, 3.8) is 0 Å². The highest BCUT2D eigenvalue weighted by molar-refractivity contribution is 5.90. The molecule has 0 spiro atoms. The van der Waals surface area contributed by atoms with Crippen molar-refractivity contribution < 1.29 is 14.0 Å². The third-order valence-corrected chi connectivity index (χ3v) is 4.97. The van der Waals surface area contributed by atoms with Crippen molar-refractivity contribution >= 4 is 22.7 Å². The van der Waals surface area contributed by atoms with Crippen molar-refractivity contribution in [3.05, 3.63) is 35.3 Å². The predicted octanol–water partition coefficient (Wildman–Crippen LogP) is 2.87. The number of halogens is 1. The van der Waals surface area contributed by atoms with E-state index in [1.54, 1.807) is 11.0 Å². The summed E-state index contributed by atoms with van der Waals surface area (Å²) in [6, 6.07) is 4.58. The first-order valence-electron chi connectivity index (χ1n) is 9.00. The Hall–Kier alpha value is -2.37. The van der Waals surface area contributed by atoms with E-state index in [0.717, 1.165) is 22.2 Å². The summed E-state index contributed by atoms with van der Waals surface area (Å²) in [6.07, 6.45) is 0.239. The first-order valence-corrected chi connectivity index (χ1v) is 9.00. The van der Waals surface area contributed by atoms with Gasteiger partial charge >= 0.3 is 0 Å². The number of nitrogens with one attached hydrogen (secondary N) is 1. The second kappa shape index (κ2) is 6.74. The maximum absolute atomic E-state index is 13.6. The zero-order chi connectivity index (χ0) is 19.1. The Balaban J connectivity index is 1.68. The topological polar surface area (TPSA) is 56.4 Å². The maximum Gasteiger partial charge on any atom is 0.228 e. The van der Waals surface area contributed by atoms with Gasteiger partial charge in [-0.2, -0.15) is 0 Å². The molecule has 5 nitrogen and oxygen atoms in total. The van der Waals surface area contributed by atoms with Gasteiger partial charge in [-0.1, -0.05) is 20.8 Å². The van der Waals surface area contributed by atoms with Crippen LogP contribution in [0, 0.1) is 18.2 Å². The second-order valence-electron chi connectivity index (χ2n) is 8.02. The molecule has 140 valence electrons. The molecule has 0 bridgehead atoms. The number of fused-ring (bicyclic) bond motifs is 1. The summed E-state index contributed by atoms with van der Waals surface area (Å²) in [4.78, 5) is 31.9. The van der Waals surface area contributed by atoms with E-state index >= 15 is 0 Å². The van der Waals surface area contributed by atoms with Crippen LogP contribution >= 0.6 is 0 Å². The molecule has 1 aromatic heterocycles. The lowest BCUT2D eigenvalue weighted by molar-refractivity contribution is -0.144. The summed E-state index contributed by atoms with van der Waals surface area (Å²) in [6.45, 7) is 9.82. The van der Waals surface area contributed by atoms with E-state index in [9.17, 15) is 14.0 Å². The first kappa shape index (κ1) is 18.4. The van der Waals surface area contributed by atoms with Gasteiger partial charge in [-0.3, -0.25) is 9.59 Å². The van der Waals surface area contributed by atoms with E-state index in [-0.39, 0.29) is 24.1 Å². The average molecular weight is 359 g/mol. The van der Waals surface area contributed by atoms with Crippen LogP contribution in [-0.4, -0.2) is 52.8 Å². The van der Waals surface area contributed by atoms with Crippen molar-refractivity contribution in [1.29, 1.82) is 0 Å². The number of hydrogen-bond donors (Lipinski definition) is 1. The molecule has 2 heterocycles. The number of aryl methyl sites for hydroxylation is 1. The molecule has 0 aliphatic carbocycles. The summed E-state index contributed by atoms with van der Waals surface area (Å²) >= 11 is 0. The molecular formula is C20H26FN3O2. The van der Waals surface area contributed by atoms with Crippen LogP contribution in [0.25, 0.3) is 10.9 Å². The summed E-state index contributed by atoms with van der Waals surface area (Å²) in [5.74, 6) is -0.173. The number of carbonyl (C=O) groups is 2. The molecule has 0 saturated carbocycles. The monoisotopic (exact) mass is 359 g/mol. The van der Waals surface area contributed by atoms with E-state index in [0.29, 0.717) is 26.2 Å². The average Bonchev–Trinajstić information content (AvgIpc) is 2.89. The Bertz CT molecular complexity index is 843. The van der Waals surface area contributed by atoms with Crippen LogP contribution in [0.3, 0.4) is 0 Å². The van der Waals surface area contributed by atoms with Crippen LogP contribution in [0.1, 0.15) is 32.0 Å². The smallest absolute Gasteiger partial charge is 0.228 e. The normalized spacial score (nSPS) is 15.6. The van der Waals surface area contributed by atoms with E-state index in [4.69, 9.17) is 0 Å². The number of rotatable bonds is 2. The molecule has 2 aromatic rings. The fourth-order valence-electron chi connectivity index (χ4n) is 3.48. The molecule has 0 unspecified atom stereocenters. The van der Waals surface area contributed by atoms with E-state index in [2.05, 4.69) is 4.98 Å². The summed E-state index contributed by atoms with van der Waals surface area (Å²) in [7, 11) is 0. The highest BCUT2D eigenvalue weighted by Gasteiger charge is 2.31. The number of nitrogens with zero attached hydrogens (tertiary/aromatic N) is 2. The summed E-state index contributed by atoms with van der Waals surface area (Å²) in [5.41, 5.74) is 2.17. The zero-order valence-electron chi connectivity index (χ0n) is 15.9. The van der Waals surface area contributed by atoms with Crippen LogP contribution in [0.4, 0.5) is 4.39 Å². The van der Waals surface area contributed by atoms with E-state index in [1.807, 2.05) is 32.6 Å². The van der Waals surface area contributed by atoms with E-state index in [1.165, 1.54) is 12.1 Å². The van der Waals surface area contributed by atoms with Gasteiger partial charge in [-0.15, -0.1) is 0 Å². The Morgan fingerprint density at radius 1 is 1.12 bits per heavy atom. The SMILES string of the molecule is Cc1[nH]c2ccc(F)cc2c1CC(=O)N1CCN(C(=O)C(C)(C)C)CC1. The fourth-order valence-corrected chi connectivity index (χ4v) is 3.48. The molecule has 2 amide bonds. The predicted molar refractivity (Wildman–Crippen MR) is 99.3 cm³/mol.